The number of hydrogen-bond donors (Lipinski definition) is 4. The third-order valence-electron chi connectivity index (χ3n) is 17.4. The smallest absolute Gasteiger partial charge is 0.155 e. The molecule has 0 aliphatic carbocycles. The van der Waals surface area contributed by atoms with Gasteiger partial charge in [-0.1, -0.05) is 68.2 Å². The molecule has 0 saturated carbocycles. The van der Waals surface area contributed by atoms with Crippen molar-refractivity contribution in [3.8, 4) is 0 Å². The van der Waals surface area contributed by atoms with E-state index in [1.54, 1.807) is 6.92 Å². The first-order valence-corrected chi connectivity index (χ1v) is 34.4. The summed E-state index contributed by atoms with van der Waals surface area (Å²) in [5.41, 5.74) is -0.107. The van der Waals surface area contributed by atoms with Gasteiger partial charge in [0.25, 0.3) is 0 Å². The van der Waals surface area contributed by atoms with Gasteiger partial charge in [-0.15, -0.1) is 0 Å². The van der Waals surface area contributed by atoms with Crippen LogP contribution in [-0.4, -0.2) is 220 Å². The number of aliphatic hydroxyl groups is 4. The van der Waals surface area contributed by atoms with Gasteiger partial charge in [0, 0.05) is 33.5 Å². The maximum atomic E-state index is 9.07. The van der Waals surface area contributed by atoms with Crippen molar-refractivity contribution in [1.29, 1.82) is 0 Å². The second-order valence-corrected chi connectivity index (χ2v) is 28.2. The van der Waals surface area contributed by atoms with Gasteiger partial charge in [-0.25, -0.2) is 0 Å². The fourth-order valence-electron chi connectivity index (χ4n) is 10.1. The van der Waals surface area contributed by atoms with Gasteiger partial charge in [-0.05, 0) is 142 Å². The minimum atomic E-state index is -0.591. The van der Waals surface area contributed by atoms with Crippen LogP contribution in [0.5, 0.6) is 0 Å². The van der Waals surface area contributed by atoms with Crippen molar-refractivity contribution in [2.75, 3.05) is 119 Å². The lowest BCUT2D eigenvalue weighted by Crippen LogP contribution is -2.45. The molecular weight excluding hydrogens is 1180 g/mol. The quantitative estimate of drug-likeness (QED) is 0.150. The molecule has 0 bridgehead atoms. The molecule has 0 aromatic carbocycles. The molecule has 0 aromatic heterocycles. The Morgan fingerprint density at radius 2 is 0.648 bits per heavy atom. The van der Waals surface area contributed by atoms with Crippen molar-refractivity contribution in [1.82, 2.24) is 0 Å². The summed E-state index contributed by atoms with van der Waals surface area (Å²) in [5.74, 6) is 0. The van der Waals surface area contributed by atoms with Gasteiger partial charge in [-0.2, -0.15) is 0 Å². The summed E-state index contributed by atoms with van der Waals surface area (Å²) >= 11 is 0. The van der Waals surface area contributed by atoms with Gasteiger partial charge in [-0.3, -0.25) is 0 Å². The monoisotopic (exact) mass is 1320 g/mol. The molecule has 9 fully saturated rings. The molecule has 0 spiro atoms. The molecule has 0 aromatic rings. The molecule has 4 atom stereocenters. The predicted molar refractivity (Wildman–Crippen MR) is 350 cm³/mol. The Bertz CT molecular complexity index is 1590. The molecule has 0 radical (unpaired) electrons. The maximum Gasteiger partial charge on any atom is 0.155 e. The summed E-state index contributed by atoms with van der Waals surface area (Å²) < 4.78 is 95.5. The molecule has 9 rings (SSSR count). The van der Waals surface area contributed by atoms with E-state index in [0.29, 0.717) is 68.8 Å². The molecule has 22 nitrogen and oxygen atoms in total. The summed E-state index contributed by atoms with van der Waals surface area (Å²) in [4.78, 5) is 0. The zero-order chi connectivity index (χ0) is 69.0. The van der Waals surface area contributed by atoms with Crippen molar-refractivity contribution in [2.45, 2.75) is 297 Å². The van der Waals surface area contributed by atoms with Crippen molar-refractivity contribution < 1.29 is 106 Å². The molecule has 22 heteroatoms. The highest BCUT2D eigenvalue weighted by molar-refractivity contribution is 4.83. The highest BCUT2D eigenvalue weighted by atomic mass is 16.7. The van der Waals surface area contributed by atoms with Gasteiger partial charge < -0.3 is 106 Å². The van der Waals surface area contributed by atoms with Crippen LogP contribution in [0.25, 0.3) is 0 Å². The van der Waals surface area contributed by atoms with E-state index in [9.17, 15) is 0 Å². The van der Waals surface area contributed by atoms with Crippen LogP contribution in [0.15, 0.2) is 0 Å². The first-order valence-electron chi connectivity index (χ1n) is 34.4. The standard InChI is InChI=1S/C11H22O2.C9H18O2.C8H16O3.C8H16O2.C7H14O4.C7H14O3.2C7H14O2.C5H10O2/c1-4-6-7-11(5-2)8-12-10(3)13-9-11;1-4-9(5-2)6-10-8(3)11-7-9;1-3-8(4-9)5-10-7(2)11-6-8;1-6-5-8(3,4)10-7(2)9-6;1-6-10-4-7(2-8,3-9)5-11-6;1-6-9-4-7(2,3-8)5-10-6;1-6-8-4-7(2,3)5-9-6;1-5-4-6(2)9-7(3)8-5;1-5-6-3-2-4-7-5/h10H,4-9H2,1-3H3;8H,4-7H2,1-3H3;7,9H,3-6H2,1-2H3;6-7H,5H2,1-4H3;6,8-9H,2-5H2,1H3;6,8H,3-5H2,1-2H3;6H,4-5H2,1-3H3;5-7H,4H2,1-3H3;5H,2-4H2,1H3. The first kappa shape index (κ1) is 88.1. The first-order chi connectivity index (χ1) is 42.7. The van der Waals surface area contributed by atoms with Gasteiger partial charge in [0.15, 0.2) is 56.6 Å². The molecule has 9 saturated heterocycles. The summed E-state index contributed by atoms with van der Waals surface area (Å²) in [6.07, 6.45) is 11.8. The predicted octanol–water partition coefficient (Wildman–Crippen LogP) is 11.3. The second kappa shape index (κ2) is 45.7. The number of rotatable bonds is 11. The maximum absolute atomic E-state index is 9.07. The zero-order valence-electron chi connectivity index (χ0n) is 61.4. The van der Waals surface area contributed by atoms with E-state index in [1.807, 2.05) is 69.2 Å². The highest BCUT2D eigenvalue weighted by Crippen LogP contribution is 2.35. The molecule has 91 heavy (non-hydrogen) atoms. The molecule has 9 heterocycles. The third kappa shape index (κ3) is 37.6. The largest absolute Gasteiger partial charge is 0.396 e. The van der Waals surface area contributed by atoms with E-state index < -0.39 is 5.41 Å². The summed E-state index contributed by atoms with van der Waals surface area (Å²) in [5, 5.41) is 35.8. The van der Waals surface area contributed by atoms with Crippen LogP contribution in [0.1, 0.15) is 217 Å². The average molecular weight is 1320 g/mol. The van der Waals surface area contributed by atoms with Crippen molar-refractivity contribution in [3.05, 3.63) is 0 Å². The molecule has 9 aliphatic heterocycles. The molecule has 0 amide bonds. The van der Waals surface area contributed by atoms with Crippen LogP contribution in [0, 0.1) is 32.5 Å². The van der Waals surface area contributed by atoms with Crippen LogP contribution in [0.2, 0.25) is 0 Å². The van der Waals surface area contributed by atoms with E-state index in [1.165, 1.54) is 25.7 Å². The number of hydrogen-bond acceptors (Lipinski definition) is 22. The van der Waals surface area contributed by atoms with Crippen LogP contribution in [0.3, 0.4) is 0 Å². The van der Waals surface area contributed by atoms with E-state index in [4.69, 9.17) is 106 Å². The van der Waals surface area contributed by atoms with Gasteiger partial charge in [0.1, 0.15) is 0 Å². The van der Waals surface area contributed by atoms with E-state index in [2.05, 4.69) is 76.2 Å². The lowest BCUT2D eigenvalue weighted by molar-refractivity contribution is -0.260. The lowest BCUT2D eigenvalue weighted by Gasteiger charge is -2.38. The summed E-state index contributed by atoms with van der Waals surface area (Å²) in [7, 11) is 0. The van der Waals surface area contributed by atoms with E-state index in [0.717, 1.165) is 91.4 Å². The van der Waals surface area contributed by atoms with Crippen LogP contribution in [-0.2, 0) is 85.3 Å². The van der Waals surface area contributed by atoms with Crippen LogP contribution < -0.4 is 0 Å². The Hall–Kier alpha value is -0.880. The minimum Gasteiger partial charge on any atom is -0.396 e. The van der Waals surface area contributed by atoms with Crippen molar-refractivity contribution in [3.63, 3.8) is 0 Å². The number of aliphatic hydroxyl groups excluding tert-OH is 4. The Balaban J connectivity index is 0.000000514. The third-order valence-corrected chi connectivity index (χ3v) is 17.4. The Morgan fingerprint density at radius 1 is 0.330 bits per heavy atom. The molecule has 9 aliphatic rings. The highest BCUT2D eigenvalue weighted by Gasteiger charge is 2.38. The second-order valence-electron chi connectivity index (χ2n) is 28.2. The summed E-state index contributed by atoms with van der Waals surface area (Å²) in [6.45, 7) is 54.8. The fraction of sp³-hybridized carbons (Fsp3) is 1.00. The molecule has 4 N–H and O–H groups in total. The van der Waals surface area contributed by atoms with Gasteiger partial charge >= 0.3 is 0 Å². The molecular formula is C69H138O22. The Labute approximate surface area is 552 Å². The Morgan fingerprint density at radius 3 is 0.934 bits per heavy atom. The topological polar surface area (TPSA) is 247 Å². The number of ether oxygens (including phenoxy) is 18. The summed E-state index contributed by atoms with van der Waals surface area (Å²) in [6, 6.07) is 0. The van der Waals surface area contributed by atoms with E-state index in [-0.39, 0.29) is 105 Å². The molecule has 4 unspecified atom stereocenters. The van der Waals surface area contributed by atoms with Crippen LogP contribution in [0.4, 0.5) is 0 Å². The fourth-order valence-corrected chi connectivity index (χ4v) is 10.1. The molecule has 546 valence electrons. The normalized spacial score (nSPS) is 34.0. The van der Waals surface area contributed by atoms with Gasteiger partial charge in [0.05, 0.1) is 148 Å². The van der Waals surface area contributed by atoms with Crippen molar-refractivity contribution >= 4 is 0 Å². The Kier molecular flexibility index (Phi) is 44.2. The minimum absolute atomic E-state index is 0.00113. The zero-order valence-corrected chi connectivity index (χ0v) is 61.4. The van der Waals surface area contributed by atoms with E-state index >= 15 is 0 Å². The van der Waals surface area contributed by atoms with Gasteiger partial charge in [0.2, 0.25) is 0 Å². The van der Waals surface area contributed by atoms with Crippen molar-refractivity contribution in [2.24, 2.45) is 32.5 Å². The SMILES string of the molecule is CC1CC(C)(C)OC(C)O1.CC1CC(C)OC(C)O1.CC1OCC(C)(C)CO1.CC1OCC(C)(CO)CO1.CC1OCC(CO)(CO)CO1.CC1OCCCO1.CCC1(CC)COC(C)OC1.CCC1(CO)COC(C)OC1.CCCCC1(CC)COC(C)OC1. The van der Waals surface area contributed by atoms with Crippen LogP contribution >= 0.6 is 0 Å². The number of unbranched alkanes of at least 4 members (excludes halogenated alkanes) is 1. The average Bonchev–Trinajstić information content (AvgIpc) is 3.00. The lowest BCUT2D eigenvalue weighted by atomic mass is 9.81.